The highest BCUT2D eigenvalue weighted by Crippen LogP contribution is 2.15. The van der Waals surface area contributed by atoms with E-state index in [0.717, 1.165) is 32.7 Å². The van der Waals surface area contributed by atoms with Gasteiger partial charge in [-0.25, -0.2) is 0 Å². The van der Waals surface area contributed by atoms with Crippen LogP contribution < -0.4 is 5.73 Å². The first kappa shape index (κ1) is 12.0. The molecule has 1 heterocycles. The van der Waals surface area contributed by atoms with Crippen molar-refractivity contribution in [1.29, 1.82) is 0 Å². The first-order valence-electron chi connectivity index (χ1n) is 5.90. The molecule has 14 heavy (non-hydrogen) atoms. The van der Waals surface area contributed by atoms with Crippen LogP contribution in [0.2, 0.25) is 0 Å². The Balaban J connectivity index is 2.13. The Bertz CT molecular complexity index is 141. The molecule has 0 aliphatic carbocycles. The molecule has 0 aromatic carbocycles. The quantitative estimate of drug-likeness (QED) is 0.655. The number of nitrogens with two attached hydrogens (primary N) is 1. The van der Waals surface area contributed by atoms with Crippen molar-refractivity contribution in [2.24, 2.45) is 5.73 Å². The second-order valence-corrected chi connectivity index (χ2v) is 4.03. The Morgan fingerprint density at radius 1 is 1.36 bits per heavy atom. The van der Waals surface area contributed by atoms with E-state index in [1.165, 1.54) is 25.8 Å². The van der Waals surface area contributed by atoms with Crippen molar-refractivity contribution >= 4 is 0 Å². The molecule has 1 rings (SSSR count). The van der Waals surface area contributed by atoms with Crippen molar-refractivity contribution < 1.29 is 4.74 Å². The molecule has 0 amide bonds. The number of likely N-dealkylation sites (tertiary alicyclic amines) is 1. The topological polar surface area (TPSA) is 38.5 Å². The average Bonchev–Trinajstić information content (AvgIpc) is 2.25. The molecular weight excluding hydrogens is 176 g/mol. The zero-order chi connectivity index (χ0) is 10.2. The van der Waals surface area contributed by atoms with Gasteiger partial charge in [0.05, 0.1) is 6.61 Å². The van der Waals surface area contributed by atoms with Crippen molar-refractivity contribution in [3.05, 3.63) is 0 Å². The summed E-state index contributed by atoms with van der Waals surface area (Å²) in [6.07, 6.45) is 5.04. The van der Waals surface area contributed by atoms with E-state index in [-0.39, 0.29) is 0 Å². The maximum absolute atomic E-state index is 5.74. The molecule has 3 heteroatoms. The number of hydrogen-bond acceptors (Lipinski definition) is 3. The number of hydrogen-bond donors (Lipinski definition) is 1. The molecule has 2 N–H and O–H groups in total. The fourth-order valence-electron chi connectivity index (χ4n) is 2.05. The second kappa shape index (κ2) is 7.21. The van der Waals surface area contributed by atoms with Crippen LogP contribution in [0.1, 0.15) is 32.6 Å². The van der Waals surface area contributed by atoms with Crippen LogP contribution in [0.5, 0.6) is 0 Å². The standard InChI is InChI=1S/C11H24N2O/c1-2-8-14-9-7-13-6-4-3-5-11(13)10-12/h11H,2-10,12H2,1H3. The maximum Gasteiger partial charge on any atom is 0.0593 e. The lowest BCUT2D eigenvalue weighted by Crippen LogP contribution is -2.45. The Morgan fingerprint density at radius 2 is 2.21 bits per heavy atom. The van der Waals surface area contributed by atoms with Crippen molar-refractivity contribution in [3.63, 3.8) is 0 Å². The van der Waals surface area contributed by atoms with Crippen molar-refractivity contribution in [3.8, 4) is 0 Å². The van der Waals surface area contributed by atoms with Gasteiger partial charge in [-0.15, -0.1) is 0 Å². The van der Waals surface area contributed by atoms with Crippen LogP contribution in [0.3, 0.4) is 0 Å². The van der Waals surface area contributed by atoms with Crippen LogP contribution in [-0.2, 0) is 4.74 Å². The molecule has 0 bridgehead atoms. The molecule has 0 saturated carbocycles. The third-order valence-electron chi connectivity index (χ3n) is 2.89. The van der Waals surface area contributed by atoms with Gasteiger partial charge in [-0.1, -0.05) is 13.3 Å². The molecule has 1 unspecified atom stereocenters. The summed E-state index contributed by atoms with van der Waals surface area (Å²) in [6, 6.07) is 0.606. The third kappa shape index (κ3) is 3.95. The van der Waals surface area contributed by atoms with Gasteiger partial charge in [0.1, 0.15) is 0 Å². The minimum Gasteiger partial charge on any atom is -0.380 e. The van der Waals surface area contributed by atoms with Crippen molar-refractivity contribution in [1.82, 2.24) is 4.90 Å². The fourth-order valence-corrected chi connectivity index (χ4v) is 2.05. The Morgan fingerprint density at radius 3 is 2.93 bits per heavy atom. The molecule has 0 aromatic heterocycles. The molecule has 0 spiro atoms. The lowest BCUT2D eigenvalue weighted by atomic mass is 10.0. The van der Waals surface area contributed by atoms with Crippen LogP contribution in [0, 0.1) is 0 Å². The first-order chi connectivity index (χ1) is 6.88. The van der Waals surface area contributed by atoms with E-state index in [4.69, 9.17) is 10.5 Å². The molecule has 0 radical (unpaired) electrons. The van der Waals surface area contributed by atoms with Crippen molar-refractivity contribution in [2.75, 3.05) is 32.8 Å². The predicted molar refractivity (Wildman–Crippen MR) is 59.4 cm³/mol. The van der Waals surface area contributed by atoms with E-state index in [1.54, 1.807) is 0 Å². The number of piperidine rings is 1. The molecule has 1 atom stereocenters. The van der Waals surface area contributed by atoms with Gasteiger partial charge in [0.25, 0.3) is 0 Å². The van der Waals surface area contributed by atoms with Crippen LogP contribution in [0.15, 0.2) is 0 Å². The van der Waals surface area contributed by atoms with Gasteiger partial charge in [0.2, 0.25) is 0 Å². The summed E-state index contributed by atoms with van der Waals surface area (Å²) in [4.78, 5) is 2.49. The van der Waals surface area contributed by atoms with E-state index >= 15 is 0 Å². The molecule has 1 fully saturated rings. The molecule has 3 nitrogen and oxygen atoms in total. The average molecular weight is 200 g/mol. The van der Waals surface area contributed by atoms with Crippen LogP contribution in [0.25, 0.3) is 0 Å². The predicted octanol–water partition coefficient (Wildman–Crippen LogP) is 1.23. The Hall–Kier alpha value is -0.120. The SMILES string of the molecule is CCCOCCN1CCCCC1CN. The first-order valence-corrected chi connectivity index (χ1v) is 5.90. The monoisotopic (exact) mass is 200 g/mol. The second-order valence-electron chi connectivity index (χ2n) is 4.03. The van der Waals surface area contributed by atoms with E-state index in [1.807, 2.05) is 0 Å². The minimum atomic E-state index is 0.606. The lowest BCUT2D eigenvalue weighted by molar-refractivity contribution is 0.0742. The molecule has 1 saturated heterocycles. The summed E-state index contributed by atoms with van der Waals surface area (Å²) in [5.74, 6) is 0. The van der Waals surface area contributed by atoms with Gasteiger partial charge < -0.3 is 10.5 Å². The van der Waals surface area contributed by atoms with Crippen molar-refractivity contribution in [2.45, 2.75) is 38.6 Å². The molecule has 1 aliphatic heterocycles. The molecule has 0 aromatic rings. The third-order valence-corrected chi connectivity index (χ3v) is 2.89. The van der Waals surface area contributed by atoms with Gasteiger partial charge in [-0.05, 0) is 25.8 Å². The zero-order valence-electron chi connectivity index (χ0n) is 9.37. The lowest BCUT2D eigenvalue weighted by Gasteiger charge is -2.34. The highest BCUT2D eigenvalue weighted by Gasteiger charge is 2.19. The normalized spacial score (nSPS) is 24.0. The smallest absolute Gasteiger partial charge is 0.0593 e. The number of nitrogens with zero attached hydrogens (tertiary/aromatic N) is 1. The highest BCUT2D eigenvalue weighted by atomic mass is 16.5. The van der Waals surface area contributed by atoms with E-state index in [0.29, 0.717) is 6.04 Å². The van der Waals surface area contributed by atoms with Crippen LogP contribution >= 0.6 is 0 Å². The van der Waals surface area contributed by atoms with Gasteiger partial charge in [-0.3, -0.25) is 4.90 Å². The van der Waals surface area contributed by atoms with Crippen LogP contribution in [0.4, 0.5) is 0 Å². The molecule has 84 valence electrons. The Labute approximate surface area is 87.6 Å². The van der Waals surface area contributed by atoms with E-state index in [2.05, 4.69) is 11.8 Å². The van der Waals surface area contributed by atoms with Crippen LogP contribution in [-0.4, -0.2) is 43.8 Å². The zero-order valence-corrected chi connectivity index (χ0v) is 9.37. The summed E-state index contributed by atoms with van der Waals surface area (Å²) in [7, 11) is 0. The Kier molecular flexibility index (Phi) is 6.15. The fraction of sp³-hybridized carbons (Fsp3) is 1.00. The number of ether oxygens (including phenoxy) is 1. The summed E-state index contributed by atoms with van der Waals surface area (Å²) < 4.78 is 5.50. The van der Waals surface area contributed by atoms with E-state index in [9.17, 15) is 0 Å². The van der Waals surface area contributed by atoms with Gasteiger partial charge in [0, 0.05) is 25.7 Å². The molecular formula is C11H24N2O. The summed E-state index contributed by atoms with van der Waals surface area (Å²) in [6.45, 7) is 6.96. The minimum absolute atomic E-state index is 0.606. The van der Waals surface area contributed by atoms with Gasteiger partial charge in [0.15, 0.2) is 0 Å². The summed E-state index contributed by atoms with van der Waals surface area (Å²) >= 11 is 0. The molecule has 1 aliphatic rings. The maximum atomic E-state index is 5.74. The van der Waals surface area contributed by atoms with Gasteiger partial charge >= 0.3 is 0 Å². The summed E-state index contributed by atoms with van der Waals surface area (Å²) in [5, 5.41) is 0. The largest absolute Gasteiger partial charge is 0.380 e. The van der Waals surface area contributed by atoms with E-state index < -0.39 is 0 Å². The number of rotatable bonds is 6. The van der Waals surface area contributed by atoms with Gasteiger partial charge in [-0.2, -0.15) is 0 Å². The highest BCUT2D eigenvalue weighted by molar-refractivity contribution is 4.77. The summed E-state index contributed by atoms with van der Waals surface area (Å²) in [5.41, 5.74) is 5.74.